The van der Waals surface area contributed by atoms with Crippen molar-refractivity contribution < 1.29 is 41.4 Å². The molecule has 0 bridgehead atoms. The van der Waals surface area contributed by atoms with Crippen molar-refractivity contribution in [3.8, 4) is 17.2 Å². The van der Waals surface area contributed by atoms with Crippen molar-refractivity contribution >= 4 is 11.9 Å². The van der Waals surface area contributed by atoms with Crippen LogP contribution in [0.4, 0.5) is 17.6 Å². The van der Waals surface area contributed by atoms with Gasteiger partial charge < -0.3 is 19.6 Å². The first kappa shape index (κ1) is 29.3. The van der Waals surface area contributed by atoms with Gasteiger partial charge in [-0.05, 0) is 66.9 Å². The minimum absolute atomic E-state index is 0.119. The van der Waals surface area contributed by atoms with Gasteiger partial charge in [0.2, 0.25) is 5.89 Å². The Balaban J connectivity index is 1.44. The minimum atomic E-state index is -4.95. The monoisotopic (exact) mass is 570 g/mol. The summed E-state index contributed by atoms with van der Waals surface area (Å²) in [6.07, 6.45) is -4.51. The molecule has 1 amide bonds. The zero-order valence-electron chi connectivity index (χ0n) is 21.9. The van der Waals surface area contributed by atoms with E-state index in [1.807, 2.05) is 37.3 Å². The lowest BCUT2D eigenvalue weighted by molar-refractivity contribution is -0.140. The third-order valence-corrected chi connectivity index (χ3v) is 6.28. The quantitative estimate of drug-likeness (QED) is 0.203. The zero-order chi connectivity index (χ0) is 29.6. The molecule has 0 spiro atoms. The second kappa shape index (κ2) is 12.7. The van der Waals surface area contributed by atoms with Gasteiger partial charge in [0.1, 0.15) is 17.3 Å². The number of oxazole rings is 1. The number of aryl methyl sites for hydroxylation is 2. The maximum absolute atomic E-state index is 13.6. The second-order valence-electron chi connectivity index (χ2n) is 9.19. The number of carbonyl (C=O) groups excluding carboxylic acids is 1. The molecule has 0 saturated heterocycles. The third-order valence-electron chi connectivity index (χ3n) is 6.28. The number of halogens is 4. The Kier molecular flexibility index (Phi) is 9.06. The molecule has 4 rings (SSSR count). The van der Waals surface area contributed by atoms with Gasteiger partial charge >= 0.3 is 12.1 Å². The summed E-state index contributed by atoms with van der Waals surface area (Å²) < 4.78 is 64.4. The van der Waals surface area contributed by atoms with Crippen LogP contribution in [0, 0.1) is 12.7 Å². The molecule has 4 aromatic rings. The molecule has 2 N–H and O–H groups in total. The van der Waals surface area contributed by atoms with Crippen molar-refractivity contribution in [1.29, 1.82) is 0 Å². The molecule has 1 aromatic heterocycles. The molecular weight excluding hydrogens is 544 g/mol. The van der Waals surface area contributed by atoms with E-state index in [4.69, 9.17) is 14.3 Å². The molecule has 0 saturated carbocycles. The summed E-state index contributed by atoms with van der Waals surface area (Å²) in [6.45, 7) is 1.94. The number of amides is 1. The van der Waals surface area contributed by atoms with E-state index in [9.17, 15) is 27.2 Å². The zero-order valence-corrected chi connectivity index (χ0v) is 21.9. The van der Waals surface area contributed by atoms with Crippen LogP contribution in [0.5, 0.6) is 5.75 Å². The number of aliphatic carboxylic acids is 1. The molecule has 0 unspecified atom stereocenters. The molecule has 11 heteroatoms. The number of aromatic nitrogens is 1. The molecule has 41 heavy (non-hydrogen) atoms. The fraction of sp³-hybridized carbons (Fsp3) is 0.233. The van der Waals surface area contributed by atoms with Crippen LogP contribution in [0.25, 0.3) is 11.5 Å². The highest BCUT2D eigenvalue weighted by molar-refractivity contribution is 5.94. The van der Waals surface area contributed by atoms with Gasteiger partial charge in [-0.25, -0.2) is 9.37 Å². The van der Waals surface area contributed by atoms with E-state index in [1.165, 1.54) is 0 Å². The van der Waals surface area contributed by atoms with Crippen LogP contribution in [0.2, 0.25) is 0 Å². The van der Waals surface area contributed by atoms with Gasteiger partial charge in [0.05, 0.1) is 17.9 Å². The molecule has 0 aliphatic heterocycles. The average molecular weight is 571 g/mol. The SMILES string of the molecule is Cc1oc(-c2ccccc2)nc1CCOc1ccc(CCC(=O)O)c(CNC(=O)c2ccc(F)c(C(F)(F)F)c2)c1. The van der Waals surface area contributed by atoms with E-state index in [2.05, 4.69) is 10.3 Å². The van der Waals surface area contributed by atoms with Crippen molar-refractivity contribution in [1.82, 2.24) is 10.3 Å². The van der Waals surface area contributed by atoms with Crippen LogP contribution in [0.3, 0.4) is 0 Å². The van der Waals surface area contributed by atoms with Gasteiger partial charge in [-0.1, -0.05) is 24.3 Å². The first-order valence-corrected chi connectivity index (χ1v) is 12.6. The highest BCUT2D eigenvalue weighted by atomic mass is 19.4. The standard InChI is InChI=1S/C30H26F4N2O5/c1-18-26(36-29(41-18)20-5-3-2-4-6-20)13-14-40-23-10-7-19(9-12-27(37)38)22(15-23)17-35-28(39)21-8-11-25(31)24(16-21)30(32,33)34/h2-8,10-11,15-16H,9,12-14,17H2,1H3,(H,35,39)(H,37,38). The van der Waals surface area contributed by atoms with Crippen molar-refractivity contribution in [3.63, 3.8) is 0 Å². The van der Waals surface area contributed by atoms with Crippen molar-refractivity contribution in [2.45, 2.75) is 38.9 Å². The number of nitrogens with zero attached hydrogens (tertiary/aromatic N) is 1. The maximum atomic E-state index is 13.6. The molecule has 7 nitrogen and oxygen atoms in total. The number of carbonyl (C=O) groups is 2. The molecule has 0 fully saturated rings. The number of carboxylic acids is 1. The maximum Gasteiger partial charge on any atom is 0.419 e. The molecule has 0 aliphatic carbocycles. The Morgan fingerprint density at radius 2 is 1.76 bits per heavy atom. The van der Waals surface area contributed by atoms with E-state index < -0.39 is 29.4 Å². The van der Waals surface area contributed by atoms with Gasteiger partial charge in [0.25, 0.3) is 5.91 Å². The van der Waals surface area contributed by atoms with E-state index in [0.29, 0.717) is 47.1 Å². The largest absolute Gasteiger partial charge is 0.493 e. The van der Waals surface area contributed by atoms with E-state index in [1.54, 1.807) is 18.2 Å². The lowest BCUT2D eigenvalue weighted by Crippen LogP contribution is -2.24. The topological polar surface area (TPSA) is 102 Å². The molecule has 214 valence electrons. The first-order valence-electron chi connectivity index (χ1n) is 12.6. The van der Waals surface area contributed by atoms with Gasteiger partial charge in [-0.3, -0.25) is 9.59 Å². The summed E-state index contributed by atoms with van der Waals surface area (Å²) in [5.41, 5.74) is 0.819. The third kappa shape index (κ3) is 7.71. The molecular formula is C30H26F4N2O5. The summed E-state index contributed by atoms with van der Waals surface area (Å²) in [5.74, 6) is -1.73. The number of hydrogen-bond acceptors (Lipinski definition) is 5. The van der Waals surface area contributed by atoms with Gasteiger partial charge in [-0.15, -0.1) is 0 Å². The average Bonchev–Trinajstić information content (AvgIpc) is 3.31. The molecule has 0 aliphatic rings. The Morgan fingerprint density at radius 1 is 1.00 bits per heavy atom. The van der Waals surface area contributed by atoms with Crippen LogP contribution in [-0.4, -0.2) is 28.6 Å². The highest BCUT2D eigenvalue weighted by Gasteiger charge is 2.34. The molecule has 0 atom stereocenters. The van der Waals surface area contributed by atoms with Crippen molar-refractivity contribution in [2.24, 2.45) is 0 Å². The predicted molar refractivity (Wildman–Crippen MR) is 141 cm³/mol. The highest BCUT2D eigenvalue weighted by Crippen LogP contribution is 2.32. The summed E-state index contributed by atoms with van der Waals surface area (Å²) in [6, 6.07) is 16.4. The number of alkyl halides is 3. The normalized spacial score (nSPS) is 11.3. The lowest BCUT2D eigenvalue weighted by Gasteiger charge is -2.14. The molecule has 0 radical (unpaired) electrons. The molecule has 1 heterocycles. The molecule has 3 aromatic carbocycles. The Morgan fingerprint density at radius 3 is 2.46 bits per heavy atom. The summed E-state index contributed by atoms with van der Waals surface area (Å²) >= 11 is 0. The van der Waals surface area contributed by atoms with Crippen LogP contribution < -0.4 is 10.1 Å². The van der Waals surface area contributed by atoms with E-state index >= 15 is 0 Å². The fourth-order valence-electron chi connectivity index (χ4n) is 4.13. The van der Waals surface area contributed by atoms with E-state index in [0.717, 1.165) is 17.3 Å². The Hall–Kier alpha value is -4.67. The van der Waals surface area contributed by atoms with Gasteiger partial charge in [0.15, 0.2) is 0 Å². The number of ether oxygens (including phenoxy) is 1. The van der Waals surface area contributed by atoms with Crippen LogP contribution in [0.1, 0.15) is 44.9 Å². The smallest absolute Gasteiger partial charge is 0.419 e. The van der Waals surface area contributed by atoms with E-state index in [-0.39, 0.29) is 31.6 Å². The van der Waals surface area contributed by atoms with Crippen LogP contribution >= 0.6 is 0 Å². The Bertz CT molecular complexity index is 1530. The van der Waals surface area contributed by atoms with Gasteiger partial charge in [-0.2, -0.15) is 13.2 Å². The van der Waals surface area contributed by atoms with Gasteiger partial charge in [0, 0.05) is 30.5 Å². The van der Waals surface area contributed by atoms with Crippen molar-refractivity contribution in [2.75, 3.05) is 6.61 Å². The fourth-order valence-corrected chi connectivity index (χ4v) is 4.13. The summed E-state index contributed by atoms with van der Waals surface area (Å²) in [5, 5.41) is 11.6. The number of carboxylic acid groups (broad SMARTS) is 1. The number of hydrogen-bond donors (Lipinski definition) is 2. The number of benzene rings is 3. The minimum Gasteiger partial charge on any atom is -0.493 e. The number of rotatable bonds is 11. The predicted octanol–water partition coefficient (Wildman–Crippen LogP) is 6.38. The lowest BCUT2D eigenvalue weighted by atomic mass is 10.0. The first-order chi connectivity index (χ1) is 19.5. The van der Waals surface area contributed by atoms with Crippen LogP contribution in [-0.2, 0) is 30.4 Å². The summed E-state index contributed by atoms with van der Waals surface area (Å²) in [7, 11) is 0. The second-order valence-corrected chi connectivity index (χ2v) is 9.19. The van der Waals surface area contributed by atoms with Crippen molar-refractivity contribution in [3.05, 3.63) is 106 Å². The number of nitrogens with one attached hydrogen (secondary N) is 1. The Labute approximate surface area is 232 Å². The summed E-state index contributed by atoms with van der Waals surface area (Å²) in [4.78, 5) is 28.2. The van der Waals surface area contributed by atoms with Crippen LogP contribution in [0.15, 0.2) is 71.1 Å².